The lowest BCUT2D eigenvalue weighted by Crippen LogP contribution is -2.43. The van der Waals surface area contributed by atoms with Gasteiger partial charge in [-0.15, -0.1) is 12.4 Å². The highest BCUT2D eigenvalue weighted by molar-refractivity contribution is 6.30. The van der Waals surface area contributed by atoms with E-state index in [-0.39, 0.29) is 12.4 Å². The number of nitrogens with two attached hydrogens (primary N) is 1. The number of piperidine rings is 1. The summed E-state index contributed by atoms with van der Waals surface area (Å²) in [5, 5.41) is 0.803. The molecule has 1 heterocycles. The second kappa shape index (κ2) is 7.22. The van der Waals surface area contributed by atoms with E-state index in [1.165, 1.54) is 31.4 Å². The van der Waals surface area contributed by atoms with Crippen LogP contribution in [0, 0.1) is 0 Å². The first-order chi connectivity index (χ1) is 7.79. The van der Waals surface area contributed by atoms with Crippen molar-refractivity contribution in [1.29, 1.82) is 0 Å². The first kappa shape index (κ1) is 14.8. The predicted octanol–water partition coefficient (Wildman–Crippen LogP) is 3.08. The third-order valence-electron chi connectivity index (χ3n) is 3.32. The summed E-state index contributed by atoms with van der Waals surface area (Å²) in [6, 6.07) is 8.68. The lowest BCUT2D eigenvalue weighted by molar-refractivity contribution is 0.145. The van der Waals surface area contributed by atoms with Gasteiger partial charge in [0.15, 0.2) is 0 Å². The van der Waals surface area contributed by atoms with Crippen LogP contribution >= 0.6 is 24.0 Å². The quantitative estimate of drug-likeness (QED) is 0.918. The molecule has 4 heteroatoms. The van der Waals surface area contributed by atoms with E-state index >= 15 is 0 Å². The number of halogens is 2. The Morgan fingerprint density at radius 2 is 1.94 bits per heavy atom. The highest BCUT2D eigenvalue weighted by Gasteiger charge is 2.20. The zero-order chi connectivity index (χ0) is 11.4. The molecule has 1 fully saturated rings. The molecule has 2 N–H and O–H groups in total. The van der Waals surface area contributed by atoms with Crippen molar-refractivity contribution in [2.45, 2.75) is 31.8 Å². The second-order valence-corrected chi connectivity index (χ2v) is 4.92. The smallest absolute Gasteiger partial charge is 0.0406 e. The summed E-state index contributed by atoms with van der Waals surface area (Å²) in [6.45, 7) is 2.94. The van der Waals surface area contributed by atoms with Crippen molar-refractivity contribution in [2.24, 2.45) is 5.73 Å². The average Bonchev–Trinajstić information content (AvgIpc) is 2.33. The number of rotatable bonds is 3. The Kier molecular flexibility index (Phi) is 6.28. The molecule has 2 rings (SSSR count). The fraction of sp³-hybridized carbons (Fsp3) is 0.538. The van der Waals surface area contributed by atoms with E-state index in [0.29, 0.717) is 6.04 Å². The molecule has 1 unspecified atom stereocenters. The fourth-order valence-electron chi connectivity index (χ4n) is 2.36. The minimum Gasteiger partial charge on any atom is -0.329 e. The van der Waals surface area contributed by atoms with E-state index in [9.17, 15) is 0 Å². The first-order valence-electron chi connectivity index (χ1n) is 5.98. The summed E-state index contributed by atoms with van der Waals surface area (Å²) in [5.41, 5.74) is 7.13. The normalized spacial score (nSPS) is 20.9. The Morgan fingerprint density at radius 1 is 1.24 bits per heavy atom. The molecule has 0 aromatic heterocycles. The van der Waals surface area contributed by atoms with Crippen LogP contribution in [0.5, 0.6) is 0 Å². The number of hydrogen-bond acceptors (Lipinski definition) is 2. The van der Waals surface area contributed by atoms with Crippen LogP contribution in [0.3, 0.4) is 0 Å². The molecule has 0 radical (unpaired) electrons. The van der Waals surface area contributed by atoms with Gasteiger partial charge < -0.3 is 5.73 Å². The summed E-state index contributed by atoms with van der Waals surface area (Å²) >= 11 is 5.88. The number of likely N-dealkylation sites (tertiary alicyclic amines) is 1. The van der Waals surface area contributed by atoms with E-state index in [2.05, 4.69) is 17.0 Å². The Balaban J connectivity index is 0.00000144. The van der Waals surface area contributed by atoms with Crippen LogP contribution in [0.25, 0.3) is 0 Å². The van der Waals surface area contributed by atoms with Gasteiger partial charge in [-0.25, -0.2) is 0 Å². The zero-order valence-electron chi connectivity index (χ0n) is 9.94. The largest absolute Gasteiger partial charge is 0.329 e. The van der Waals surface area contributed by atoms with Gasteiger partial charge in [-0.3, -0.25) is 4.90 Å². The third kappa shape index (κ3) is 4.14. The number of hydrogen-bond donors (Lipinski definition) is 1. The maximum atomic E-state index is 5.88. The van der Waals surface area contributed by atoms with Crippen LogP contribution in [-0.4, -0.2) is 24.0 Å². The molecule has 96 valence electrons. The molecule has 1 aliphatic heterocycles. The average molecular weight is 275 g/mol. The van der Waals surface area contributed by atoms with Gasteiger partial charge in [-0.1, -0.05) is 30.2 Å². The monoisotopic (exact) mass is 274 g/mol. The fourth-order valence-corrected chi connectivity index (χ4v) is 2.49. The van der Waals surface area contributed by atoms with Gasteiger partial charge >= 0.3 is 0 Å². The minimum absolute atomic E-state index is 0. The highest BCUT2D eigenvalue weighted by atomic mass is 35.5. The Morgan fingerprint density at radius 3 is 2.59 bits per heavy atom. The summed E-state index contributed by atoms with van der Waals surface area (Å²) in [7, 11) is 0. The lowest BCUT2D eigenvalue weighted by atomic mass is 10.0. The summed E-state index contributed by atoms with van der Waals surface area (Å²) in [4.78, 5) is 2.49. The van der Waals surface area contributed by atoms with Crippen LogP contribution in [0.1, 0.15) is 24.8 Å². The van der Waals surface area contributed by atoms with Crippen molar-refractivity contribution >= 4 is 24.0 Å². The maximum Gasteiger partial charge on any atom is 0.0406 e. The predicted molar refractivity (Wildman–Crippen MR) is 75.8 cm³/mol. The molecule has 1 saturated heterocycles. The van der Waals surface area contributed by atoms with Crippen molar-refractivity contribution in [3.05, 3.63) is 34.9 Å². The van der Waals surface area contributed by atoms with Crippen molar-refractivity contribution < 1.29 is 0 Å². The van der Waals surface area contributed by atoms with Crippen LogP contribution in [0.15, 0.2) is 24.3 Å². The molecular weight excluding hydrogens is 255 g/mol. The van der Waals surface area contributed by atoms with Gasteiger partial charge in [-0.05, 0) is 37.1 Å². The van der Waals surface area contributed by atoms with Crippen molar-refractivity contribution in [2.75, 3.05) is 13.1 Å². The van der Waals surface area contributed by atoms with Crippen molar-refractivity contribution in [3.8, 4) is 0 Å². The first-order valence-corrected chi connectivity index (χ1v) is 6.36. The van der Waals surface area contributed by atoms with Crippen molar-refractivity contribution in [1.82, 2.24) is 4.90 Å². The molecule has 1 aromatic rings. The van der Waals surface area contributed by atoms with Crippen molar-refractivity contribution in [3.63, 3.8) is 0 Å². The van der Waals surface area contributed by atoms with E-state index in [1.54, 1.807) is 0 Å². The molecule has 2 nitrogen and oxygen atoms in total. The van der Waals surface area contributed by atoms with Gasteiger partial charge in [0.25, 0.3) is 0 Å². The highest BCUT2D eigenvalue weighted by Crippen LogP contribution is 2.19. The molecule has 1 aromatic carbocycles. The molecule has 0 spiro atoms. The van der Waals surface area contributed by atoms with Gasteiger partial charge in [0.2, 0.25) is 0 Å². The third-order valence-corrected chi connectivity index (χ3v) is 3.57. The van der Waals surface area contributed by atoms with Gasteiger partial charge in [-0.2, -0.15) is 0 Å². The van der Waals surface area contributed by atoms with E-state index in [4.69, 9.17) is 17.3 Å². The Bertz CT molecular complexity index is 327. The van der Waals surface area contributed by atoms with E-state index in [0.717, 1.165) is 18.1 Å². The lowest BCUT2D eigenvalue weighted by Gasteiger charge is -2.35. The van der Waals surface area contributed by atoms with Gasteiger partial charge in [0, 0.05) is 24.2 Å². The number of nitrogens with zero attached hydrogens (tertiary/aromatic N) is 1. The molecule has 0 bridgehead atoms. The SMILES string of the molecule is Cl.NCC1CCCCN1Cc1ccc(Cl)cc1. The van der Waals surface area contributed by atoms with Gasteiger partial charge in [0.05, 0.1) is 0 Å². The van der Waals surface area contributed by atoms with Gasteiger partial charge in [0.1, 0.15) is 0 Å². The molecule has 17 heavy (non-hydrogen) atoms. The summed E-state index contributed by atoms with van der Waals surface area (Å²) < 4.78 is 0. The van der Waals surface area contributed by atoms with Crippen LogP contribution in [0.2, 0.25) is 5.02 Å². The van der Waals surface area contributed by atoms with E-state index in [1.807, 2.05) is 12.1 Å². The second-order valence-electron chi connectivity index (χ2n) is 4.48. The molecular formula is C13H20Cl2N2. The summed E-state index contributed by atoms with van der Waals surface area (Å²) in [5.74, 6) is 0. The molecule has 1 aliphatic rings. The molecule has 0 saturated carbocycles. The topological polar surface area (TPSA) is 29.3 Å². The Hall–Kier alpha value is -0.280. The van der Waals surface area contributed by atoms with Crippen LogP contribution in [0.4, 0.5) is 0 Å². The zero-order valence-corrected chi connectivity index (χ0v) is 11.5. The van der Waals surface area contributed by atoms with E-state index < -0.39 is 0 Å². The molecule has 0 aliphatic carbocycles. The van der Waals surface area contributed by atoms with Crippen LogP contribution < -0.4 is 5.73 Å². The number of benzene rings is 1. The Labute approximate surface area is 115 Å². The molecule has 0 amide bonds. The maximum absolute atomic E-state index is 5.88. The standard InChI is InChI=1S/C13H19ClN2.ClH/c14-12-6-4-11(5-7-12)10-16-8-2-1-3-13(16)9-15;/h4-7,13H,1-3,8-10,15H2;1H. The molecule has 1 atom stereocenters. The minimum atomic E-state index is 0. The summed E-state index contributed by atoms with van der Waals surface area (Å²) in [6.07, 6.45) is 3.85. The van der Waals surface area contributed by atoms with Crippen LogP contribution in [-0.2, 0) is 6.54 Å².